The van der Waals surface area contributed by atoms with Crippen LogP contribution >= 0.6 is 0 Å². The quantitative estimate of drug-likeness (QED) is 0.0477. The number of oxazole rings is 2. The van der Waals surface area contributed by atoms with Crippen molar-refractivity contribution in [1.82, 2.24) is 4.98 Å². The highest BCUT2D eigenvalue weighted by Crippen LogP contribution is 2.44. The van der Waals surface area contributed by atoms with Gasteiger partial charge in [-0.05, 0) is 118 Å². The van der Waals surface area contributed by atoms with Crippen LogP contribution in [0.25, 0.3) is 78.9 Å². The Labute approximate surface area is 533 Å². The molecule has 0 unspecified atom stereocenters. The summed E-state index contributed by atoms with van der Waals surface area (Å²) in [6, 6.07) is 68.0. The number of ether oxygens (including phenoxy) is 2. The monoisotopic (exact) mass is 1290 g/mol. The Morgan fingerprint density at radius 1 is 0.511 bits per heavy atom. The molecule has 468 valence electrons. The average Bonchev–Trinajstić information content (AvgIpc) is 1.68. The van der Waals surface area contributed by atoms with Gasteiger partial charge in [0.25, 0.3) is 21.2 Å². The van der Waals surface area contributed by atoms with Gasteiger partial charge in [0, 0.05) is 49.3 Å². The molecule has 5 heterocycles. The van der Waals surface area contributed by atoms with Crippen molar-refractivity contribution in [2.75, 3.05) is 28.0 Å². The van der Waals surface area contributed by atoms with Crippen LogP contribution in [0.15, 0.2) is 257 Å². The second kappa shape index (κ2) is 28.0. The molecule has 8 aromatic carbocycles. The molecule has 92 heavy (non-hydrogen) atoms. The van der Waals surface area contributed by atoms with Gasteiger partial charge in [-0.1, -0.05) is 159 Å². The largest absolute Gasteiger partial charge is 0.748 e. The summed E-state index contributed by atoms with van der Waals surface area (Å²) in [4.78, 5) is 7.24. The van der Waals surface area contributed by atoms with Crippen LogP contribution in [0.5, 0.6) is 11.5 Å². The lowest BCUT2D eigenvalue weighted by Gasteiger charge is -2.17. The SMILES string of the molecule is CCC(=C/c1oc2ccc(-c3ccccc3)cc2[n+]1CS(=O)(=O)[O-])/C=C1\Oc2ccc(-c3ccccc3)cc2N1CS(=O)(=O)O.CCN1C(=Cc2oc3ccc(-c4ccccc4)cc3[n+]2CCCCS(=O)(=O)[O-])Oc2ccc(-c3ccccc3)cc21.c1ccncc1. The predicted octanol–water partition coefficient (Wildman–Crippen LogP) is 13.6. The van der Waals surface area contributed by atoms with Gasteiger partial charge >= 0.3 is 11.8 Å². The second-order valence-electron chi connectivity index (χ2n) is 21.5. The number of aryl methyl sites for hydroxylation is 1. The first-order valence-corrected chi connectivity index (χ1v) is 34.3. The molecular weight excluding hydrogens is 1230 g/mol. The number of unbranched alkanes of at least 4 members (excludes halogenated alkanes) is 1. The van der Waals surface area contributed by atoms with E-state index in [0.29, 0.717) is 71.4 Å². The highest BCUT2D eigenvalue weighted by atomic mass is 32.2. The van der Waals surface area contributed by atoms with E-state index in [9.17, 15) is 38.9 Å². The molecular formula is C71H63N5O13S3. The normalized spacial score (nSPS) is 13.9. The topological polar surface area (TPSA) is 241 Å². The van der Waals surface area contributed by atoms with E-state index in [1.807, 2.05) is 163 Å². The lowest BCUT2D eigenvalue weighted by molar-refractivity contribution is -0.678. The van der Waals surface area contributed by atoms with E-state index in [1.54, 1.807) is 48.8 Å². The van der Waals surface area contributed by atoms with E-state index < -0.39 is 42.1 Å². The van der Waals surface area contributed by atoms with Gasteiger partial charge in [-0.2, -0.15) is 13.0 Å². The Hall–Kier alpha value is -10.0. The highest BCUT2D eigenvalue weighted by molar-refractivity contribution is 7.86. The number of hydrogen-bond donors (Lipinski definition) is 1. The Morgan fingerprint density at radius 3 is 1.41 bits per heavy atom. The molecule has 0 fully saturated rings. The van der Waals surface area contributed by atoms with E-state index >= 15 is 0 Å². The Kier molecular flexibility index (Phi) is 19.4. The number of anilines is 2. The molecule has 1 N–H and O–H groups in total. The maximum Gasteiger partial charge on any atom is 0.379 e. The summed E-state index contributed by atoms with van der Waals surface area (Å²) in [5.41, 5.74) is 12.2. The first kappa shape index (κ1) is 63.6. The fourth-order valence-electron chi connectivity index (χ4n) is 10.7. The third kappa shape index (κ3) is 15.8. The average molecular weight is 1290 g/mol. The van der Waals surface area contributed by atoms with Crippen molar-refractivity contribution in [2.24, 2.45) is 0 Å². The van der Waals surface area contributed by atoms with Gasteiger partial charge in [0.1, 0.15) is 6.08 Å². The number of rotatable bonds is 18. The van der Waals surface area contributed by atoms with Crippen LogP contribution in [-0.2, 0) is 42.8 Å². The molecule has 0 saturated heterocycles. The first-order chi connectivity index (χ1) is 44.4. The smallest absolute Gasteiger partial charge is 0.379 e. The fourth-order valence-corrected chi connectivity index (χ4v) is 12.5. The summed E-state index contributed by atoms with van der Waals surface area (Å²) in [6.07, 6.45) is 9.73. The van der Waals surface area contributed by atoms with E-state index in [0.717, 1.165) is 61.5 Å². The molecule has 0 atom stereocenters. The lowest BCUT2D eigenvalue weighted by Crippen LogP contribution is -2.39. The number of hydrogen-bond acceptors (Lipinski definition) is 15. The standard InChI is InChI=1S/C33H28N2O8S2.C33H30N2O5S.C5H5N/c1-2-23(17-32-34(21-44(36,37)38)28-19-26(13-15-30(28)42-32)24-9-5-3-6-10-24)18-33-35(22-45(39,40)41)29-20-27(14-16-31(29)43-33)25-11-7-4-8-12-25;1-2-34-28-21-26(24-11-5-3-6-12-24)15-17-30(28)39-32(34)23-33-35(19-9-10-20-41(36,37)38)29-22-27(16-18-31(29)40-33)25-13-7-4-8-14-25;1-2-4-6-5-3-1/h3-20H,2,21-22H2,1H3,(H-,36,37,38,39,40,41);3-8,11-18,21-23H,2,9-10,19-20H2,1H3;1-5H. The minimum Gasteiger partial charge on any atom is -0.748 e. The number of allylic oxidation sites excluding steroid dienone is 2. The molecule has 0 aliphatic carbocycles. The molecule has 11 aromatic rings. The number of fused-ring (bicyclic) bond motifs is 4. The number of nitrogens with zero attached hydrogens (tertiary/aromatic N) is 5. The number of aromatic nitrogens is 3. The summed E-state index contributed by atoms with van der Waals surface area (Å²) < 4.78 is 131. The molecule has 3 aromatic heterocycles. The molecule has 0 bridgehead atoms. The zero-order valence-electron chi connectivity index (χ0n) is 50.1. The van der Waals surface area contributed by atoms with Crippen molar-refractivity contribution in [3.63, 3.8) is 0 Å². The second-order valence-corrected chi connectivity index (χ2v) is 25.8. The van der Waals surface area contributed by atoms with Crippen molar-refractivity contribution in [3.8, 4) is 56.0 Å². The van der Waals surface area contributed by atoms with Gasteiger partial charge in [0.2, 0.25) is 28.8 Å². The molecule has 0 radical (unpaired) electrons. The third-order valence-corrected chi connectivity index (χ3v) is 17.1. The van der Waals surface area contributed by atoms with E-state index in [2.05, 4.69) is 59.3 Å². The maximum absolute atomic E-state index is 12.1. The van der Waals surface area contributed by atoms with Gasteiger partial charge in [0.15, 0.2) is 34.0 Å². The van der Waals surface area contributed by atoms with Crippen LogP contribution in [0.4, 0.5) is 11.4 Å². The summed E-state index contributed by atoms with van der Waals surface area (Å²) >= 11 is 0. The van der Waals surface area contributed by atoms with Crippen LogP contribution < -0.4 is 28.4 Å². The van der Waals surface area contributed by atoms with Crippen LogP contribution in [0, 0.1) is 0 Å². The Bertz CT molecular complexity index is 4850. The fraction of sp³-hybridized carbons (Fsp3) is 0.141. The van der Waals surface area contributed by atoms with Crippen LogP contribution in [-0.4, -0.2) is 62.1 Å². The van der Waals surface area contributed by atoms with Crippen LogP contribution in [0.2, 0.25) is 0 Å². The number of pyridine rings is 1. The van der Waals surface area contributed by atoms with Gasteiger partial charge < -0.3 is 32.3 Å². The van der Waals surface area contributed by atoms with E-state index in [1.165, 1.54) is 9.47 Å². The Balaban J connectivity index is 0.000000173. The molecule has 21 heteroatoms. The summed E-state index contributed by atoms with van der Waals surface area (Å²) in [7, 11) is -13.5. The minimum atomic E-state index is -4.71. The molecule has 18 nitrogen and oxygen atoms in total. The predicted molar refractivity (Wildman–Crippen MR) is 353 cm³/mol. The summed E-state index contributed by atoms with van der Waals surface area (Å²) in [5, 5.41) is 0. The Morgan fingerprint density at radius 2 is 0.967 bits per heavy atom. The van der Waals surface area contributed by atoms with E-state index in [-0.39, 0.29) is 23.9 Å². The first-order valence-electron chi connectivity index (χ1n) is 29.5. The molecule has 0 saturated carbocycles. The molecule has 2 aliphatic rings. The molecule has 13 rings (SSSR count). The highest BCUT2D eigenvalue weighted by Gasteiger charge is 2.33. The maximum atomic E-state index is 12.1. The zero-order chi connectivity index (χ0) is 64.4. The van der Waals surface area contributed by atoms with Crippen molar-refractivity contribution in [2.45, 2.75) is 45.5 Å². The minimum absolute atomic E-state index is 0.103. The van der Waals surface area contributed by atoms with Crippen LogP contribution in [0.3, 0.4) is 0 Å². The zero-order valence-corrected chi connectivity index (χ0v) is 52.5. The molecule has 0 spiro atoms. The van der Waals surface area contributed by atoms with Crippen molar-refractivity contribution >= 4 is 76.1 Å². The van der Waals surface area contributed by atoms with Gasteiger partial charge in [0.05, 0.1) is 27.6 Å². The number of benzene rings is 8. The molecule has 2 aliphatic heterocycles. The van der Waals surface area contributed by atoms with Gasteiger partial charge in [-0.25, -0.2) is 16.8 Å². The van der Waals surface area contributed by atoms with E-state index in [4.69, 9.17) is 18.3 Å². The van der Waals surface area contributed by atoms with Crippen molar-refractivity contribution in [1.29, 1.82) is 0 Å². The third-order valence-electron chi connectivity index (χ3n) is 15.1. The lowest BCUT2D eigenvalue weighted by atomic mass is 10.0. The summed E-state index contributed by atoms with van der Waals surface area (Å²) in [6.45, 7) is 5.09. The summed E-state index contributed by atoms with van der Waals surface area (Å²) in [5.74, 6) is 0.612. The van der Waals surface area contributed by atoms with Crippen molar-refractivity contribution in [3.05, 3.63) is 260 Å². The molecule has 0 amide bonds. The van der Waals surface area contributed by atoms with Crippen LogP contribution in [0.1, 0.15) is 44.9 Å². The van der Waals surface area contributed by atoms with Gasteiger partial charge in [-0.3, -0.25) is 14.4 Å². The van der Waals surface area contributed by atoms with Crippen molar-refractivity contribution < 1.29 is 66.4 Å². The van der Waals surface area contributed by atoms with Gasteiger partial charge in [-0.15, -0.1) is 4.57 Å².